The second-order valence-electron chi connectivity index (χ2n) is 6.61. The molecular weight excluding hydrogens is 431 g/mol. The summed E-state index contributed by atoms with van der Waals surface area (Å²) in [7, 11) is 0. The largest absolute Gasteiger partial charge is 0.478 e. The third-order valence-electron chi connectivity index (χ3n) is 4.40. The number of nitrogens with zero attached hydrogens (tertiary/aromatic N) is 1. The summed E-state index contributed by atoms with van der Waals surface area (Å²) in [5, 5.41) is 13.9. The zero-order chi connectivity index (χ0) is 22.4. The molecule has 0 radical (unpaired) electrons. The Morgan fingerprint density at radius 3 is 2.19 bits per heavy atom. The molecular formula is C23H17ClF3NO3. The summed E-state index contributed by atoms with van der Waals surface area (Å²) in [6.07, 6.45) is -4.02. The maximum absolute atomic E-state index is 13.2. The van der Waals surface area contributed by atoms with Crippen LogP contribution in [0.2, 0.25) is 5.02 Å². The summed E-state index contributed by atoms with van der Waals surface area (Å²) < 4.78 is 39.5. The van der Waals surface area contributed by atoms with E-state index in [-0.39, 0.29) is 23.4 Å². The summed E-state index contributed by atoms with van der Waals surface area (Å²) in [4.78, 5) is 16.7. The molecule has 0 aliphatic rings. The number of carboxylic acids is 1. The van der Waals surface area contributed by atoms with Gasteiger partial charge in [-0.15, -0.1) is 0 Å². The molecule has 0 unspecified atom stereocenters. The second kappa shape index (κ2) is 9.66. The van der Waals surface area contributed by atoms with Crippen molar-refractivity contribution in [1.82, 2.24) is 0 Å². The van der Waals surface area contributed by atoms with Crippen molar-refractivity contribution in [3.63, 3.8) is 0 Å². The van der Waals surface area contributed by atoms with Crippen LogP contribution in [0.1, 0.15) is 32.6 Å². The molecule has 31 heavy (non-hydrogen) atoms. The molecule has 0 fully saturated rings. The van der Waals surface area contributed by atoms with Crippen LogP contribution in [0.5, 0.6) is 0 Å². The summed E-state index contributed by atoms with van der Waals surface area (Å²) >= 11 is 5.86. The lowest BCUT2D eigenvalue weighted by Gasteiger charge is -2.12. The SMILES string of the molecule is O=C(O)c1cccc(/C(=N/OCCc2ccc(Cl)cc2)c2cccc(C(F)(F)F)c2)c1. The van der Waals surface area contributed by atoms with Crippen LogP contribution in [0.3, 0.4) is 0 Å². The van der Waals surface area contributed by atoms with Crippen molar-refractivity contribution in [3.05, 3.63) is 106 Å². The summed E-state index contributed by atoms with van der Waals surface area (Å²) in [6, 6.07) is 17.6. The number of rotatable bonds is 7. The summed E-state index contributed by atoms with van der Waals surface area (Å²) in [5.41, 5.74) is 0.680. The first-order valence-corrected chi connectivity index (χ1v) is 9.57. The topological polar surface area (TPSA) is 58.9 Å². The number of oxime groups is 1. The first kappa shape index (κ1) is 22.4. The van der Waals surface area contributed by atoms with Crippen molar-refractivity contribution in [2.45, 2.75) is 12.6 Å². The fraction of sp³-hybridized carbons (Fsp3) is 0.130. The molecule has 0 saturated heterocycles. The Balaban J connectivity index is 1.90. The molecule has 3 aromatic rings. The fourth-order valence-electron chi connectivity index (χ4n) is 2.84. The van der Waals surface area contributed by atoms with Gasteiger partial charge in [-0.3, -0.25) is 0 Å². The molecule has 0 amide bonds. The lowest BCUT2D eigenvalue weighted by atomic mass is 9.99. The average molecular weight is 448 g/mol. The van der Waals surface area contributed by atoms with Crippen molar-refractivity contribution >= 4 is 23.3 Å². The number of hydrogen-bond donors (Lipinski definition) is 1. The molecule has 3 aromatic carbocycles. The van der Waals surface area contributed by atoms with Crippen LogP contribution in [0.15, 0.2) is 78.0 Å². The molecule has 0 heterocycles. The van der Waals surface area contributed by atoms with E-state index >= 15 is 0 Å². The molecule has 8 heteroatoms. The van der Waals surface area contributed by atoms with Gasteiger partial charge in [-0.05, 0) is 42.0 Å². The zero-order valence-electron chi connectivity index (χ0n) is 16.1. The highest BCUT2D eigenvalue weighted by Crippen LogP contribution is 2.30. The number of benzene rings is 3. The van der Waals surface area contributed by atoms with Crippen molar-refractivity contribution in [2.75, 3.05) is 6.61 Å². The zero-order valence-corrected chi connectivity index (χ0v) is 16.8. The van der Waals surface area contributed by atoms with E-state index in [0.717, 1.165) is 17.7 Å². The van der Waals surface area contributed by atoms with Gasteiger partial charge in [0.2, 0.25) is 0 Å². The lowest BCUT2D eigenvalue weighted by Crippen LogP contribution is -2.10. The number of alkyl halides is 3. The predicted molar refractivity (Wildman–Crippen MR) is 112 cm³/mol. The van der Waals surface area contributed by atoms with E-state index in [4.69, 9.17) is 16.4 Å². The van der Waals surface area contributed by atoms with Gasteiger partial charge < -0.3 is 9.94 Å². The summed E-state index contributed by atoms with van der Waals surface area (Å²) in [6.45, 7) is 0.169. The number of aromatic carboxylic acids is 1. The van der Waals surface area contributed by atoms with Gasteiger partial charge in [0.25, 0.3) is 0 Å². The van der Waals surface area contributed by atoms with Gasteiger partial charge in [-0.2, -0.15) is 13.2 Å². The molecule has 0 aliphatic carbocycles. The van der Waals surface area contributed by atoms with Crippen molar-refractivity contribution < 1.29 is 27.9 Å². The predicted octanol–water partition coefficient (Wildman–Crippen LogP) is 6.07. The highest BCUT2D eigenvalue weighted by molar-refractivity contribution is 6.30. The third kappa shape index (κ3) is 6.08. The summed E-state index contributed by atoms with van der Waals surface area (Å²) in [5.74, 6) is -1.16. The van der Waals surface area contributed by atoms with Gasteiger partial charge in [-0.25, -0.2) is 4.79 Å². The maximum Gasteiger partial charge on any atom is 0.416 e. The molecule has 0 atom stereocenters. The van der Waals surface area contributed by atoms with E-state index in [1.165, 1.54) is 30.3 Å². The number of hydrogen-bond acceptors (Lipinski definition) is 3. The minimum Gasteiger partial charge on any atom is -0.478 e. The van der Waals surface area contributed by atoms with Gasteiger partial charge in [0.1, 0.15) is 12.3 Å². The van der Waals surface area contributed by atoms with Gasteiger partial charge in [0.05, 0.1) is 11.1 Å². The third-order valence-corrected chi connectivity index (χ3v) is 4.65. The van der Waals surface area contributed by atoms with E-state index in [9.17, 15) is 23.1 Å². The Hall–Kier alpha value is -3.32. The lowest BCUT2D eigenvalue weighted by molar-refractivity contribution is -0.137. The number of carbonyl (C=O) groups is 1. The molecule has 1 N–H and O–H groups in total. The van der Waals surface area contributed by atoms with Crippen molar-refractivity contribution in [2.24, 2.45) is 5.16 Å². The van der Waals surface area contributed by atoms with Gasteiger partial charge in [0.15, 0.2) is 0 Å². The van der Waals surface area contributed by atoms with Crippen LogP contribution >= 0.6 is 11.6 Å². The molecule has 0 saturated carbocycles. The first-order valence-electron chi connectivity index (χ1n) is 9.20. The normalized spacial score (nSPS) is 11.9. The maximum atomic E-state index is 13.2. The first-order chi connectivity index (χ1) is 14.7. The minimum atomic E-state index is -4.53. The van der Waals surface area contributed by atoms with Gasteiger partial charge >= 0.3 is 12.1 Å². The minimum absolute atomic E-state index is 0.0154. The molecule has 0 spiro atoms. The van der Waals surface area contributed by atoms with E-state index in [1.54, 1.807) is 18.2 Å². The molecule has 0 aromatic heterocycles. The quantitative estimate of drug-likeness (QED) is 0.272. The Morgan fingerprint density at radius 2 is 1.55 bits per heavy atom. The van der Waals surface area contributed by atoms with Crippen LogP contribution in [-0.2, 0) is 17.4 Å². The van der Waals surface area contributed by atoms with Gasteiger partial charge in [0, 0.05) is 22.6 Å². The molecule has 0 bridgehead atoms. The molecule has 0 aliphatic heterocycles. The highest BCUT2D eigenvalue weighted by atomic mass is 35.5. The smallest absolute Gasteiger partial charge is 0.416 e. The monoisotopic (exact) mass is 447 g/mol. The van der Waals surface area contributed by atoms with Crippen LogP contribution < -0.4 is 0 Å². The fourth-order valence-corrected chi connectivity index (χ4v) is 2.97. The van der Waals surface area contributed by atoms with E-state index in [1.807, 2.05) is 12.1 Å². The van der Waals surface area contributed by atoms with Crippen molar-refractivity contribution in [3.8, 4) is 0 Å². The van der Waals surface area contributed by atoms with Gasteiger partial charge in [-0.1, -0.05) is 53.2 Å². The molecule has 3 rings (SSSR count). The van der Waals surface area contributed by atoms with Crippen LogP contribution in [0.25, 0.3) is 0 Å². The van der Waals surface area contributed by atoms with E-state index < -0.39 is 17.7 Å². The molecule has 4 nitrogen and oxygen atoms in total. The van der Waals surface area contributed by atoms with Crippen molar-refractivity contribution in [1.29, 1.82) is 0 Å². The number of carboxylic acid groups (broad SMARTS) is 1. The number of halogens is 4. The van der Waals surface area contributed by atoms with Crippen LogP contribution in [-0.4, -0.2) is 23.4 Å². The van der Waals surface area contributed by atoms with E-state index in [0.29, 0.717) is 17.0 Å². The average Bonchev–Trinajstić information content (AvgIpc) is 2.74. The Kier molecular flexibility index (Phi) is 6.97. The Bertz CT molecular complexity index is 1100. The van der Waals surface area contributed by atoms with Crippen LogP contribution in [0, 0.1) is 0 Å². The second-order valence-corrected chi connectivity index (χ2v) is 7.05. The Morgan fingerprint density at radius 1 is 0.935 bits per heavy atom. The Labute approximate surface area is 181 Å². The molecule has 160 valence electrons. The van der Waals surface area contributed by atoms with Crippen LogP contribution in [0.4, 0.5) is 13.2 Å². The standard InChI is InChI=1S/C23H17ClF3NO3/c24-20-9-7-15(8-10-20)11-12-31-28-21(16-3-1-5-18(13-16)22(29)30)17-4-2-6-19(14-17)23(25,26)27/h1-10,13-14H,11-12H2,(H,29,30)/b28-21-. The highest BCUT2D eigenvalue weighted by Gasteiger charge is 2.30. The van der Waals surface area contributed by atoms with E-state index in [2.05, 4.69) is 5.16 Å².